The molecule has 2 rings (SSSR count). The summed E-state index contributed by atoms with van der Waals surface area (Å²) >= 11 is 0. The van der Waals surface area contributed by atoms with Gasteiger partial charge in [-0.15, -0.1) is 0 Å². The van der Waals surface area contributed by atoms with Gasteiger partial charge >= 0.3 is 1.43 Å². The zero-order chi connectivity index (χ0) is 13.8. The largest absolute Gasteiger partial charge is 1.00 e. The molecule has 5 heteroatoms. The number of aromatic nitrogens is 2. The number of hydrogen-bond acceptors (Lipinski definition) is 3. The molecule has 0 bridgehead atoms. The van der Waals surface area contributed by atoms with E-state index in [2.05, 4.69) is 30.1 Å². The molecule has 1 radical (unpaired) electrons. The quantitative estimate of drug-likeness (QED) is 0.634. The Morgan fingerprint density at radius 1 is 1.42 bits per heavy atom. The second-order valence-corrected chi connectivity index (χ2v) is 6.71. The van der Waals surface area contributed by atoms with Gasteiger partial charge in [0.15, 0.2) is 0 Å². The van der Waals surface area contributed by atoms with Crippen LogP contribution in [0.2, 0.25) is 13.1 Å². The third kappa shape index (κ3) is 3.79. The molecule has 4 nitrogen and oxygen atoms in total. The van der Waals surface area contributed by atoms with Crippen LogP contribution in [0.1, 0.15) is 12.6 Å². The molecule has 0 amide bonds. The Morgan fingerprint density at radius 2 is 2.21 bits per heavy atom. The average Bonchev–Trinajstić information content (AvgIpc) is 2.73. The van der Waals surface area contributed by atoms with Crippen molar-refractivity contribution in [2.45, 2.75) is 20.0 Å². The molecular formula is C14H19N3OSi+. The van der Waals surface area contributed by atoms with E-state index in [9.17, 15) is 0 Å². The highest BCUT2D eigenvalue weighted by atomic mass is 28.3. The number of benzene rings is 1. The summed E-state index contributed by atoms with van der Waals surface area (Å²) < 4.78 is 7.64. The van der Waals surface area contributed by atoms with Gasteiger partial charge in [-0.05, 0) is 37.7 Å². The van der Waals surface area contributed by atoms with Gasteiger partial charge in [0.25, 0.3) is 9.04 Å². The van der Waals surface area contributed by atoms with Crippen molar-refractivity contribution >= 4 is 20.9 Å². The average molecular weight is 273 g/mol. The predicted molar refractivity (Wildman–Crippen MR) is 80.9 cm³/mol. The van der Waals surface area contributed by atoms with Crippen molar-refractivity contribution in [2.75, 3.05) is 0 Å². The molecule has 2 aromatic rings. The summed E-state index contributed by atoms with van der Waals surface area (Å²) in [6.45, 7) is 6.28. The van der Waals surface area contributed by atoms with E-state index < -0.39 is 9.04 Å². The molecule has 0 fully saturated rings. The molecule has 0 spiro atoms. The second kappa shape index (κ2) is 5.84. The molecule has 0 N–H and O–H groups in total. The summed E-state index contributed by atoms with van der Waals surface area (Å²) in [5, 5.41) is 4.11. The maximum absolute atomic E-state index is 5.89. The van der Waals surface area contributed by atoms with Gasteiger partial charge in [-0.3, -0.25) is 9.67 Å². The zero-order valence-electron chi connectivity index (χ0n) is 12.7. The van der Waals surface area contributed by atoms with Crippen LogP contribution in [0, 0.1) is 6.92 Å². The molecule has 1 aromatic carbocycles. The van der Waals surface area contributed by atoms with E-state index in [0.29, 0.717) is 0 Å². The molecule has 0 atom stereocenters. The van der Waals surface area contributed by atoms with Crippen molar-refractivity contribution in [1.29, 1.82) is 0 Å². The van der Waals surface area contributed by atoms with Crippen LogP contribution >= 0.6 is 0 Å². The van der Waals surface area contributed by atoms with Gasteiger partial charge in [0.05, 0.1) is 6.20 Å². The van der Waals surface area contributed by atoms with Crippen molar-refractivity contribution < 1.29 is 5.85 Å². The van der Waals surface area contributed by atoms with Crippen LogP contribution in [0.15, 0.2) is 35.6 Å². The van der Waals surface area contributed by atoms with E-state index in [-0.39, 0.29) is 1.43 Å². The van der Waals surface area contributed by atoms with Gasteiger partial charge in [-0.25, -0.2) is 0 Å². The first-order valence-electron chi connectivity index (χ1n) is 6.16. The third-order valence-corrected chi connectivity index (χ3v) is 3.14. The SMILES string of the molecule is Cc1ccc(N=Cc2cnn(C)c2)c(O[Si](C)C)c1.[H+]. The minimum Gasteiger partial charge on any atom is -0.541 e. The molecule has 99 valence electrons. The molecule has 0 aliphatic rings. The number of aryl methyl sites for hydroxylation is 2. The van der Waals surface area contributed by atoms with Crippen LogP contribution in [0.3, 0.4) is 0 Å². The summed E-state index contributed by atoms with van der Waals surface area (Å²) in [6.07, 6.45) is 5.52. The first kappa shape index (κ1) is 13.5. The Morgan fingerprint density at radius 3 is 2.84 bits per heavy atom. The lowest BCUT2D eigenvalue weighted by atomic mass is 10.2. The van der Waals surface area contributed by atoms with E-state index in [1.54, 1.807) is 10.9 Å². The zero-order valence-corrected chi connectivity index (χ0v) is 12.7. The molecule has 0 saturated carbocycles. The van der Waals surface area contributed by atoms with Gasteiger partial charge in [0, 0.05) is 25.0 Å². The fraction of sp³-hybridized carbons (Fsp3) is 0.286. The Balaban J connectivity index is 0.00000200. The topological polar surface area (TPSA) is 39.4 Å². The maximum Gasteiger partial charge on any atom is 1.00 e. The van der Waals surface area contributed by atoms with Crippen LogP contribution in [-0.2, 0) is 7.05 Å². The Hall–Kier alpha value is -1.88. The number of nitrogens with zero attached hydrogens (tertiary/aromatic N) is 3. The van der Waals surface area contributed by atoms with Gasteiger partial charge < -0.3 is 4.43 Å². The fourth-order valence-corrected chi connectivity index (χ4v) is 2.28. The van der Waals surface area contributed by atoms with Crippen molar-refractivity contribution in [2.24, 2.45) is 12.0 Å². The van der Waals surface area contributed by atoms with Gasteiger partial charge in [0.1, 0.15) is 11.4 Å². The Labute approximate surface area is 117 Å². The van der Waals surface area contributed by atoms with Crippen molar-refractivity contribution in [3.63, 3.8) is 0 Å². The van der Waals surface area contributed by atoms with Gasteiger partial charge in [0.2, 0.25) is 0 Å². The summed E-state index contributed by atoms with van der Waals surface area (Å²) in [6, 6.07) is 6.07. The highest BCUT2D eigenvalue weighted by Crippen LogP contribution is 2.29. The molecular weight excluding hydrogens is 254 g/mol. The number of rotatable bonds is 4. The van der Waals surface area contributed by atoms with Crippen LogP contribution in [0.25, 0.3) is 0 Å². The molecule has 0 unspecified atom stereocenters. The number of aliphatic imine (C=N–C) groups is 1. The fourth-order valence-electron chi connectivity index (χ4n) is 1.68. The summed E-state index contributed by atoms with van der Waals surface area (Å²) in [4.78, 5) is 4.50. The standard InChI is InChI=1S/C14H18N3OSi/c1-11-5-6-13(14(7-11)18-19(3)4)15-8-12-9-16-17(2)10-12/h5-10H,1-4H3/p+1. The van der Waals surface area contributed by atoms with Crippen LogP contribution in [0.5, 0.6) is 5.75 Å². The summed E-state index contributed by atoms with van der Waals surface area (Å²) in [5.74, 6) is 0.860. The molecule has 19 heavy (non-hydrogen) atoms. The third-order valence-electron chi connectivity index (χ3n) is 2.51. The monoisotopic (exact) mass is 273 g/mol. The van der Waals surface area contributed by atoms with E-state index in [4.69, 9.17) is 4.43 Å². The normalized spacial score (nSPS) is 11.4. The van der Waals surface area contributed by atoms with Crippen LogP contribution < -0.4 is 4.43 Å². The van der Waals surface area contributed by atoms with Gasteiger partial charge in [-0.2, -0.15) is 5.10 Å². The van der Waals surface area contributed by atoms with E-state index >= 15 is 0 Å². The molecule has 0 saturated heterocycles. The van der Waals surface area contributed by atoms with Crippen molar-refractivity contribution in [1.82, 2.24) is 9.78 Å². The van der Waals surface area contributed by atoms with E-state index in [0.717, 1.165) is 17.0 Å². The van der Waals surface area contributed by atoms with Gasteiger partial charge in [-0.1, -0.05) is 6.07 Å². The highest BCUT2D eigenvalue weighted by molar-refractivity contribution is 6.49. The van der Waals surface area contributed by atoms with E-state index in [1.807, 2.05) is 37.7 Å². The summed E-state index contributed by atoms with van der Waals surface area (Å²) in [5.41, 5.74) is 3.02. The molecule has 0 aliphatic heterocycles. The lowest BCUT2D eigenvalue weighted by Crippen LogP contribution is -2.11. The molecule has 0 aliphatic carbocycles. The van der Waals surface area contributed by atoms with Crippen LogP contribution in [-0.4, -0.2) is 25.0 Å². The molecule has 1 aromatic heterocycles. The van der Waals surface area contributed by atoms with E-state index in [1.165, 1.54) is 5.56 Å². The lowest BCUT2D eigenvalue weighted by Gasteiger charge is -2.11. The number of hydrogen-bond donors (Lipinski definition) is 0. The molecule has 1 heterocycles. The Bertz CT molecular complexity index is 596. The summed E-state index contributed by atoms with van der Waals surface area (Å²) in [7, 11) is 1.10. The predicted octanol–water partition coefficient (Wildman–Crippen LogP) is 3.22. The smallest absolute Gasteiger partial charge is 0.541 e. The first-order valence-corrected chi connectivity index (χ1v) is 8.57. The maximum atomic E-state index is 5.89. The minimum atomic E-state index is -0.794. The first-order chi connectivity index (χ1) is 9.04. The van der Waals surface area contributed by atoms with Crippen molar-refractivity contribution in [3.05, 3.63) is 41.7 Å². The van der Waals surface area contributed by atoms with Crippen LogP contribution in [0.4, 0.5) is 5.69 Å². The van der Waals surface area contributed by atoms with Crippen molar-refractivity contribution in [3.8, 4) is 5.75 Å². The Kier molecular flexibility index (Phi) is 4.16. The minimum absolute atomic E-state index is 0. The highest BCUT2D eigenvalue weighted by Gasteiger charge is 2.06. The second-order valence-electron chi connectivity index (χ2n) is 4.69. The lowest BCUT2D eigenvalue weighted by molar-refractivity contribution is 0.581.